The van der Waals surface area contributed by atoms with Gasteiger partial charge in [-0.25, -0.2) is 4.98 Å². The number of hydrogen-bond acceptors (Lipinski definition) is 8. The zero-order valence-electron chi connectivity index (χ0n) is 13.7. The van der Waals surface area contributed by atoms with Crippen molar-refractivity contribution in [2.24, 2.45) is 0 Å². The number of anilines is 1. The average Bonchev–Trinajstić information content (AvgIpc) is 3.30. The van der Waals surface area contributed by atoms with Crippen molar-refractivity contribution < 1.29 is 4.74 Å². The molecule has 0 unspecified atom stereocenters. The Morgan fingerprint density at radius 1 is 1.42 bits per heavy atom. The van der Waals surface area contributed by atoms with E-state index in [0.29, 0.717) is 27.5 Å². The van der Waals surface area contributed by atoms with E-state index < -0.39 is 0 Å². The predicted molar refractivity (Wildman–Crippen MR) is 104 cm³/mol. The lowest BCUT2D eigenvalue weighted by Gasteiger charge is -2.08. The average molecular weight is 410 g/mol. The van der Waals surface area contributed by atoms with Crippen molar-refractivity contribution in [3.63, 3.8) is 0 Å². The summed E-state index contributed by atoms with van der Waals surface area (Å²) in [5, 5.41) is 13.4. The van der Waals surface area contributed by atoms with Crippen LogP contribution in [0.1, 0.15) is 18.7 Å². The smallest absolute Gasteiger partial charge is 0.258 e. The van der Waals surface area contributed by atoms with Crippen LogP contribution in [-0.4, -0.2) is 39.4 Å². The van der Waals surface area contributed by atoms with Gasteiger partial charge in [-0.3, -0.25) is 4.79 Å². The molecule has 1 atom stereocenters. The van der Waals surface area contributed by atoms with E-state index in [2.05, 4.69) is 25.5 Å². The molecule has 7 nitrogen and oxygen atoms in total. The van der Waals surface area contributed by atoms with Gasteiger partial charge < -0.3 is 15.0 Å². The normalized spacial score (nSPS) is 17.0. The van der Waals surface area contributed by atoms with Crippen LogP contribution in [0.25, 0.3) is 10.9 Å². The van der Waals surface area contributed by atoms with Crippen molar-refractivity contribution in [2.75, 3.05) is 18.5 Å². The number of aromatic amines is 1. The van der Waals surface area contributed by atoms with Crippen molar-refractivity contribution in [2.45, 2.75) is 29.0 Å². The number of hydrogen-bond donors (Lipinski definition) is 2. The standard InChI is InChI=1S/C16H16ClN5O2S2/c17-9-3-4-12-11(6-9)14(23)20-13(19-12)8-25-16-22-21-15(26-16)18-7-10-2-1-5-24-10/h3-4,6,10H,1-2,5,7-8H2,(H,18,21)(H,19,20,23)/t10-/m1/s1. The van der Waals surface area contributed by atoms with Gasteiger partial charge in [0.25, 0.3) is 5.56 Å². The number of nitrogens with zero attached hydrogens (tertiary/aromatic N) is 3. The van der Waals surface area contributed by atoms with Crippen LogP contribution in [0.2, 0.25) is 5.02 Å². The van der Waals surface area contributed by atoms with Crippen LogP contribution in [0.4, 0.5) is 5.13 Å². The van der Waals surface area contributed by atoms with Crippen molar-refractivity contribution in [1.82, 2.24) is 20.2 Å². The fraction of sp³-hybridized carbons (Fsp3) is 0.375. The van der Waals surface area contributed by atoms with Crippen LogP contribution in [0.15, 0.2) is 27.3 Å². The first-order valence-electron chi connectivity index (χ1n) is 8.17. The summed E-state index contributed by atoms with van der Waals surface area (Å²) in [5.41, 5.74) is 0.439. The molecule has 0 saturated carbocycles. The maximum Gasteiger partial charge on any atom is 0.258 e. The van der Waals surface area contributed by atoms with Gasteiger partial charge in [-0.1, -0.05) is 34.7 Å². The van der Waals surface area contributed by atoms with Gasteiger partial charge in [0.2, 0.25) is 5.13 Å². The third-order valence-electron chi connectivity index (χ3n) is 3.96. The summed E-state index contributed by atoms with van der Waals surface area (Å²) in [6.07, 6.45) is 2.46. The molecule has 0 spiro atoms. The minimum Gasteiger partial charge on any atom is -0.376 e. The molecule has 0 bridgehead atoms. The second kappa shape index (κ2) is 7.91. The van der Waals surface area contributed by atoms with Crippen LogP contribution in [0.3, 0.4) is 0 Å². The van der Waals surface area contributed by atoms with E-state index in [9.17, 15) is 4.79 Å². The maximum absolute atomic E-state index is 12.2. The molecule has 1 fully saturated rings. The van der Waals surface area contributed by atoms with Gasteiger partial charge in [0.15, 0.2) is 4.34 Å². The highest BCUT2D eigenvalue weighted by molar-refractivity contribution is 8.00. The maximum atomic E-state index is 12.2. The van der Waals surface area contributed by atoms with Crippen LogP contribution < -0.4 is 10.9 Å². The van der Waals surface area contributed by atoms with Crippen molar-refractivity contribution in [3.05, 3.63) is 39.4 Å². The third kappa shape index (κ3) is 4.17. The van der Waals surface area contributed by atoms with Crippen LogP contribution in [0.5, 0.6) is 0 Å². The molecule has 0 aliphatic carbocycles. The monoisotopic (exact) mass is 409 g/mol. The molecule has 2 aromatic heterocycles. The number of aromatic nitrogens is 4. The summed E-state index contributed by atoms with van der Waals surface area (Å²) in [4.78, 5) is 19.4. The molecule has 26 heavy (non-hydrogen) atoms. The molecule has 3 aromatic rings. The number of nitrogens with one attached hydrogen (secondary N) is 2. The Balaban J connectivity index is 1.38. The topological polar surface area (TPSA) is 92.8 Å². The molecule has 3 heterocycles. The summed E-state index contributed by atoms with van der Waals surface area (Å²) in [6, 6.07) is 5.10. The zero-order chi connectivity index (χ0) is 17.9. The first-order chi connectivity index (χ1) is 12.7. The number of ether oxygens (including phenoxy) is 1. The predicted octanol–water partition coefficient (Wildman–Crippen LogP) is 3.31. The molecular formula is C16H16ClN5O2S2. The SMILES string of the molecule is O=c1[nH]c(CSc2nnc(NC[C@H]3CCCO3)s2)nc2ccc(Cl)cc12. The van der Waals surface area contributed by atoms with Gasteiger partial charge >= 0.3 is 0 Å². The second-order valence-corrected chi connectivity index (χ2v) is 8.49. The fourth-order valence-corrected chi connectivity index (χ4v) is 4.50. The molecule has 0 amide bonds. The van der Waals surface area contributed by atoms with E-state index in [4.69, 9.17) is 16.3 Å². The third-order valence-corrected chi connectivity index (χ3v) is 6.22. The molecule has 1 saturated heterocycles. The Kier molecular flexibility index (Phi) is 5.39. The molecule has 1 aliphatic rings. The summed E-state index contributed by atoms with van der Waals surface area (Å²) in [6.45, 7) is 1.59. The number of rotatable bonds is 6. The molecule has 136 valence electrons. The molecule has 1 aromatic carbocycles. The molecular weight excluding hydrogens is 394 g/mol. The molecule has 10 heteroatoms. The zero-order valence-corrected chi connectivity index (χ0v) is 16.1. The lowest BCUT2D eigenvalue weighted by Crippen LogP contribution is -2.18. The Hall–Kier alpha value is -1.68. The Morgan fingerprint density at radius 3 is 3.19 bits per heavy atom. The molecule has 0 radical (unpaired) electrons. The van der Waals surface area contributed by atoms with Crippen molar-refractivity contribution in [1.29, 1.82) is 0 Å². The molecule has 2 N–H and O–H groups in total. The highest BCUT2D eigenvalue weighted by Crippen LogP contribution is 2.28. The van der Waals surface area contributed by atoms with Crippen LogP contribution in [-0.2, 0) is 10.5 Å². The Morgan fingerprint density at radius 2 is 2.35 bits per heavy atom. The quantitative estimate of drug-likeness (QED) is 0.603. The van der Waals surface area contributed by atoms with Gasteiger partial charge in [-0.2, -0.15) is 0 Å². The van der Waals surface area contributed by atoms with Gasteiger partial charge in [-0.05, 0) is 31.0 Å². The Bertz CT molecular complexity index is 971. The highest BCUT2D eigenvalue weighted by atomic mass is 35.5. The number of fused-ring (bicyclic) bond motifs is 1. The lowest BCUT2D eigenvalue weighted by molar-refractivity contribution is 0.120. The highest BCUT2D eigenvalue weighted by Gasteiger charge is 2.16. The minimum absolute atomic E-state index is 0.190. The minimum atomic E-state index is -0.190. The summed E-state index contributed by atoms with van der Waals surface area (Å²) < 4.78 is 6.40. The number of halogens is 1. The van der Waals surface area contributed by atoms with E-state index in [-0.39, 0.29) is 11.7 Å². The number of thioether (sulfide) groups is 1. The lowest BCUT2D eigenvalue weighted by atomic mass is 10.2. The van der Waals surface area contributed by atoms with Gasteiger partial charge in [0, 0.05) is 18.2 Å². The first-order valence-corrected chi connectivity index (χ1v) is 10.4. The first kappa shape index (κ1) is 17.7. The van der Waals surface area contributed by atoms with Gasteiger partial charge in [-0.15, -0.1) is 10.2 Å². The van der Waals surface area contributed by atoms with E-state index in [1.54, 1.807) is 18.2 Å². The van der Waals surface area contributed by atoms with E-state index in [0.717, 1.165) is 35.5 Å². The second-order valence-electron chi connectivity index (χ2n) is 5.85. The largest absolute Gasteiger partial charge is 0.376 e. The van der Waals surface area contributed by atoms with Gasteiger partial charge in [0.1, 0.15) is 5.82 Å². The molecule has 1 aliphatic heterocycles. The van der Waals surface area contributed by atoms with Crippen LogP contribution in [0, 0.1) is 0 Å². The summed E-state index contributed by atoms with van der Waals surface area (Å²) in [5.74, 6) is 1.10. The number of H-pyrrole nitrogens is 1. The molecule has 4 rings (SSSR count). The fourth-order valence-electron chi connectivity index (χ4n) is 2.70. The summed E-state index contributed by atoms with van der Waals surface area (Å²) >= 11 is 8.90. The van der Waals surface area contributed by atoms with Crippen molar-refractivity contribution >= 4 is 50.7 Å². The summed E-state index contributed by atoms with van der Waals surface area (Å²) in [7, 11) is 0. The van der Waals surface area contributed by atoms with E-state index in [1.807, 2.05) is 0 Å². The van der Waals surface area contributed by atoms with E-state index in [1.165, 1.54) is 23.1 Å². The Labute approximate surface area is 162 Å². The van der Waals surface area contributed by atoms with Crippen molar-refractivity contribution in [3.8, 4) is 0 Å². The number of benzene rings is 1. The van der Waals surface area contributed by atoms with Crippen LogP contribution >= 0.6 is 34.7 Å². The van der Waals surface area contributed by atoms with E-state index >= 15 is 0 Å². The van der Waals surface area contributed by atoms with Gasteiger partial charge in [0.05, 0.1) is 22.8 Å².